The lowest BCUT2D eigenvalue weighted by molar-refractivity contribution is 0.500. The predicted octanol–water partition coefficient (Wildman–Crippen LogP) is 3.21. The van der Waals surface area contributed by atoms with Crippen molar-refractivity contribution < 1.29 is 0 Å². The van der Waals surface area contributed by atoms with E-state index in [1.807, 2.05) is 0 Å². The molecule has 2 unspecified atom stereocenters. The Balaban J connectivity index is 1.82. The second kappa shape index (κ2) is 5.66. The summed E-state index contributed by atoms with van der Waals surface area (Å²) in [4.78, 5) is 0. The van der Waals surface area contributed by atoms with Crippen LogP contribution in [0.3, 0.4) is 0 Å². The average molecular weight is 230 g/mol. The fraction of sp³-hybridized carbons (Fsp3) is 1.00. The van der Waals surface area contributed by atoms with Crippen LogP contribution in [0, 0.1) is 0 Å². The molecule has 1 radical (unpaired) electrons. The van der Waals surface area contributed by atoms with Crippen LogP contribution < -0.4 is 5.73 Å². The van der Waals surface area contributed by atoms with Crippen molar-refractivity contribution in [2.45, 2.75) is 55.1 Å². The number of nitrogens with one attached hydrogen (secondary N) is 1. The molecule has 2 heterocycles. The Morgan fingerprint density at radius 3 is 1.71 bits per heavy atom. The molecule has 2 rings (SSSR count). The van der Waals surface area contributed by atoms with Crippen LogP contribution in [-0.2, 0) is 0 Å². The second-order valence-corrected chi connectivity index (χ2v) is 7.03. The molecule has 0 saturated carbocycles. The first-order valence-electron chi connectivity index (χ1n) is 5.82. The van der Waals surface area contributed by atoms with E-state index in [1.54, 1.807) is 0 Å². The molecule has 81 valence electrons. The van der Waals surface area contributed by atoms with Crippen molar-refractivity contribution in [2.24, 2.45) is 0 Å². The summed E-state index contributed by atoms with van der Waals surface area (Å²) in [6.45, 7) is 0. The molecule has 0 aromatic heterocycles. The van der Waals surface area contributed by atoms with Crippen LogP contribution in [-0.4, -0.2) is 28.0 Å². The minimum absolute atomic E-state index is 0.214. The summed E-state index contributed by atoms with van der Waals surface area (Å²) >= 11 is 4.13. The fourth-order valence-electron chi connectivity index (χ4n) is 2.34. The summed E-state index contributed by atoms with van der Waals surface area (Å²) in [5.41, 5.74) is 8.32. The highest BCUT2D eigenvalue weighted by Crippen LogP contribution is 2.35. The standard InChI is InChI=1S/C11H20NS2/c12-11(9-5-1-3-7-13-9)10-6-2-4-8-14-10/h9-12H,1-8H2. The lowest BCUT2D eigenvalue weighted by atomic mass is 10.0. The van der Waals surface area contributed by atoms with Gasteiger partial charge >= 0.3 is 0 Å². The zero-order chi connectivity index (χ0) is 9.80. The number of thioether (sulfide) groups is 2. The van der Waals surface area contributed by atoms with Crippen molar-refractivity contribution in [3.05, 3.63) is 0 Å². The molecule has 0 aromatic carbocycles. The van der Waals surface area contributed by atoms with Crippen LogP contribution in [0.1, 0.15) is 38.5 Å². The first-order valence-corrected chi connectivity index (χ1v) is 7.92. The number of rotatable bonds is 2. The third kappa shape index (κ3) is 2.83. The molecule has 2 atom stereocenters. The SMILES string of the molecule is [NH]C(C1CCCCS1)C1CCCCS1. The first-order chi connectivity index (χ1) is 6.88. The molecule has 1 nitrogen and oxygen atoms in total. The smallest absolute Gasteiger partial charge is 0.0450 e. The Kier molecular flexibility index (Phi) is 4.51. The third-order valence-corrected chi connectivity index (χ3v) is 6.19. The topological polar surface area (TPSA) is 23.8 Å². The highest BCUT2D eigenvalue weighted by Gasteiger charge is 2.29. The van der Waals surface area contributed by atoms with Gasteiger partial charge in [0.1, 0.15) is 0 Å². The molecule has 1 N–H and O–H groups in total. The van der Waals surface area contributed by atoms with Gasteiger partial charge in [0.25, 0.3) is 0 Å². The van der Waals surface area contributed by atoms with Gasteiger partial charge in [-0.3, -0.25) is 5.73 Å². The molecule has 2 aliphatic rings. The van der Waals surface area contributed by atoms with E-state index in [0.29, 0.717) is 10.5 Å². The molecule has 2 aliphatic heterocycles. The van der Waals surface area contributed by atoms with Gasteiger partial charge in [0.05, 0.1) is 0 Å². The molecular weight excluding hydrogens is 210 g/mol. The number of hydrogen-bond acceptors (Lipinski definition) is 2. The van der Waals surface area contributed by atoms with Crippen molar-refractivity contribution >= 4 is 23.5 Å². The summed E-state index contributed by atoms with van der Waals surface area (Å²) in [5.74, 6) is 2.61. The summed E-state index contributed by atoms with van der Waals surface area (Å²) in [6, 6.07) is 0.214. The van der Waals surface area contributed by atoms with Gasteiger partial charge in [0.2, 0.25) is 0 Å². The van der Waals surface area contributed by atoms with Crippen LogP contribution in [0.4, 0.5) is 0 Å². The van der Waals surface area contributed by atoms with Crippen molar-refractivity contribution in [1.82, 2.24) is 5.73 Å². The molecule has 0 amide bonds. The van der Waals surface area contributed by atoms with Gasteiger partial charge in [-0.05, 0) is 37.2 Å². The highest BCUT2D eigenvalue weighted by atomic mass is 32.2. The van der Waals surface area contributed by atoms with Gasteiger partial charge in [0.15, 0.2) is 0 Å². The maximum atomic E-state index is 8.32. The van der Waals surface area contributed by atoms with E-state index in [4.69, 9.17) is 5.73 Å². The van der Waals surface area contributed by atoms with Gasteiger partial charge < -0.3 is 0 Å². The molecule has 0 bridgehead atoms. The van der Waals surface area contributed by atoms with Crippen LogP contribution in [0.15, 0.2) is 0 Å². The Bertz CT molecular complexity index is 145. The van der Waals surface area contributed by atoms with Crippen molar-refractivity contribution in [3.8, 4) is 0 Å². The second-order valence-electron chi connectivity index (χ2n) is 4.34. The maximum absolute atomic E-state index is 8.32. The Labute approximate surface area is 96.0 Å². The summed E-state index contributed by atoms with van der Waals surface area (Å²) < 4.78 is 0. The minimum Gasteiger partial charge on any atom is -0.252 e. The van der Waals surface area contributed by atoms with E-state index in [2.05, 4.69) is 23.5 Å². The molecule has 14 heavy (non-hydrogen) atoms. The zero-order valence-electron chi connectivity index (χ0n) is 8.71. The van der Waals surface area contributed by atoms with E-state index in [0.717, 1.165) is 0 Å². The Morgan fingerprint density at radius 1 is 0.857 bits per heavy atom. The number of hydrogen-bond donors (Lipinski definition) is 0. The summed E-state index contributed by atoms with van der Waals surface area (Å²) in [7, 11) is 0. The molecule has 2 fully saturated rings. The van der Waals surface area contributed by atoms with E-state index < -0.39 is 0 Å². The van der Waals surface area contributed by atoms with Crippen LogP contribution in [0.2, 0.25) is 0 Å². The highest BCUT2D eigenvalue weighted by molar-refractivity contribution is 8.00. The molecule has 0 spiro atoms. The van der Waals surface area contributed by atoms with Gasteiger partial charge in [0, 0.05) is 16.5 Å². The molecule has 2 saturated heterocycles. The van der Waals surface area contributed by atoms with E-state index >= 15 is 0 Å². The third-order valence-electron chi connectivity index (χ3n) is 3.23. The largest absolute Gasteiger partial charge is 0.252 e. The maximum Gasteiger partial charge on any atom is 0.0450 e. The van der Waals surface area contributed by atoms with Gasteiger partial charge in [-0.15, -0.1) is 0 Å². The van der Waals surface area contributed by atoms with E-state index in [-0.39, 0.29) is 6.04 Å². The first kappa shape index (κ1) is 11.2. The van der Waals surface area contributed by atoms with Gasteiger partial charge in [-0.25, -0.2) is 0 Å². The van der Waals surface area contributed by atoms with Crippen molar-refractivity contribution in [3.63, 3.8) is 0 Å². The zero-order valence-corrected chi connectivity index (χ0v) is 10.3. The van der Waals surface area contributed by atoms with E-state index in [1.165, 1.54) is 50.0 Å². The van der Waals surface area contributed by atoms with Crippen LogP contribution >= 0.6 is 23.5 Å². The van der Waals surface area contributed by atoms with Crippen molar-refractivity contribution in [2.75, 3.05) is 11.5 Å². The quantitative estimate of drug-likeness (QED) is 0.727. The molecular formula is C11H20NS2. The van der Waals surface area contributed by atoms with Gasteiger partial charge in [-0.1, -0.05) is 12.8 Å². The summed E-state index contributed by atoms with van der Waals surface area (Å²) in [5, 5.41) is 1.30. The molecule has 3 heteroatoms. The Morgan fingerprint density at radius 2 is 1.36 bits per heavy atom. The van der Waals surface area contributed by atoms with Crippen molar-refractivity contribution in [1.29, 1.82) is 0 Å². The lowest BCUT2D eigenvalue weighted by Crippen LogP contribution is -2.37. The normalized spacial score (nSPS) is 36.6. The fourth-order valence-corrected chi connectivity index (χ4v) is 5.24. The minimum atomic E-state index is 0.214. The van der Waals surface area contributed by atoms with Gasteiger partial charge in [-0.2, -0.15) is 23.5 Å². The monoisotopic (exact) mass is 230 g/mol. The van der Waals surface area contributed by atoms with E-state index in [9.17, 15) is 0 Å². The van der Waals surface area contributed by atoms with Crippen LogP contribution in [0.25, 0.3) is 0 Å². The lowest BCUT2D eigenvalue weighted by Gasteiger charge is -2.33. The summed E-state index contributed by atoms with van der Waals surface area (Å²) in [6.07, 6.45) is 8.10. The van der Waals surface area contributed by atoms with Crippen LogP contribution in [0.5, 0.6) is 0 Å². The average Bonchev–Trinajstić information content (AvgIpc) is 2.30. The Hall–Kier alpha value is 0.660. The predicted molar refractivity (Wildman–Crippen MR) is 67.1 cm³/mol. The molecule has 0 aromatic rings. The molecule has 0 aliphatic carbocycles.